The van der Waals surface area contributed by atoms with Crippen LogP contribution in [-0.2, 0) is 4.79 Å². The Labute approximate surface area is 136 Å². The number of nitrogens with one attached hydrogen (secondary N) is 2. The van der Waals surface area contributed by atoms with Crippen LogP contribution >= 0.6 is 0 Å². The van der Waals surface area contributed by atoms with E-state index >= 15 is 0 Å². The van der Waals surface area contributed by atoms with Crippen molar-refractivity contribution in [2.45, 2.75) is 26.2 Å². The van der Waals surface area contributed by atoms with Gasteiger partial charge in [0.05, 0.1) is 0 Å². The lowest BCUT2D eigenvalue weighted by Crippen LogP contribution is -2.12. The molecule has 2 rings (SSSR count). The van der Waals surface area contributed by atoms with E-state index in [0.717, 1.165) is 24.2 Å². The maximum absolute atomic E-state index is 11.6. The van der Waals surface area contributed by atoms with Crippen molar-refractivity contribution < 1.29 is 4.79 Å². The summed E-state index contributed by atoms with van der Waals surface area (Å²) in [5, 5.41) is 14.0. The van der Waals surface area contributed by atoms with Gasteiger partial charge in [0.2, 0.25) is 5.91 Å². The third kappa shape index (κ3) is 5.25. The first-order valence-electron chi connectivity index (χ1n) is 7.76. The SMILES string of the molecule is CCCCC(=O)Nc1ccc(Nc2ccc(N(C)C)cc2)nn1. The predicted molar refractivity (Wildman–Crippen MR) is 94.2 cm³/mol. The minimum atomic E-state index is -0.0267. The predicted octanol–water partition coefficient (Wildman–Crippen LogP) is 3.41. The summed E-state index contributed by atoms with van der Waals surface area (Å²) in [4.78, 5) is 13.7. The first kappa shape index (κ1) is 16.7. The summed E-state index contributed by atoms with van der Waals surface area (Å²) in [5.41, 5.74) is 2.07. The van der Waals surface area contributed by atoms with Gasteiger partial charge in [0, 0.05) is 31.9 Å². The molecule has 0 saturated carbocycles. The molecule has 1 aromatic heterocycles. The molecule has 6 heteroatoms. The zero-order valence-electron chi connectivity index (χ0n) is 13.8. The number of anilines is 4. The van der Waals surface area contributed by atoms with Crippen molar-refractivity contribution in [1.82, 2.24) is 10.2 Å². The van der Waals surface area contributed by atoms with Gasteiger partial charge in [-0.1, -0.05) is 13.3 Å². The van der Waals surface area contributed by atoms with Gasteiger partial charge in [-0.15, -0.1) is 10.2 Å². The van der Waals surface area contributed by atoms with Crippen LogP contribution in [-0.4, -0.2) is 30.2 Å². The lowest BCUT2D eigenvalue weighted by molar-refractivity contribution is -0.116. The Kier molecular flexibility index (Phi) is 5.91. The molecule has 0 unspecified atom stereocenters. The standard InChI is InChI=1S/C17H23N5O/c1-4-5-6-17(23)19-16-12-11-15(20-21-16)18-13-7-9-14(10-8-13)22(2)3/h7-12H,4-6H2,1-3H3,(H,18,20)(H,19,21,23). The molecule has 0 radical (unpaired) electrons. The van der Waals surface area contributed by atoms with Gasteiger partial charge in [0.1, 0.15) is 0 Å². The van der Waals surface area contributed by atoms with Gasteiger partial charge in [-0.2, -0.15) is 0 Å². The van der Waals surface area contributed by atoms with Crippen molar-refractivity contribution in [3.05, 3.63) is 36.4 Å². The van der Waals surface area contributed by atoms with Crippen LogP contribution in [0.5, 0.6) is 0 Å². The number of amides is 1. The number of aromatic nitrogens is 2. The summed E-state index contributed by atoms with van der Waals surface area (Å²) in [6.45, 7) is 2.05. The highest BCUT2D eigenvalue weighted by Crippen LogP contribution is 2.19. The molecule has 1 amide bonds. The Morgan fingerprint density at radius 3 is 2.26 bits per heavy atom. The molecule has 2 N–H and O–H groups in total. The van der Waals surface area contributed by atoms with E-state index in [2.05, 4.69) is 27.8 Å². The van der Waals surface area contributed by atoms with Gasteiger partial charge >= 0.3 is 0 Å². The average molecular weight is 313 g/mol. The fourth-order valence-electron chi connectivity index (χ4n) is 2.00. The maximum atomic E-state index is 11.6. The largest absolute Gasteiger partial charge is 0.378 e. The molecular weight excluding hydrogens is 290 g/mol. The molecule has 0 saturated heterocycles. The van der Waals surface area contributed by atoms with E-state index in [1.807, 2.05) is 43.3 Å². The normalized spacial score (nSPS) is 10.2. The summed E-state index contributed by atoms with van der Waals surface area (Å²) in [7, 11) is 4.00. The smallest absolute Gasteiger partial charge is 0.225 e. The first-order valence-corrected chi connectivity index (χ1v) is 7.76. The van der Waals surface area contributed by atoms with Crippen molar-refractivity contribution in [2.24, 2.45) is 0 Å². The molecule has 0 bridgehead atoms. The number of nitrogens with zero attached hydrogens (tertiary/aromatic N) is 3. The zero-order chi connectivity index (χ0) is 16.7. The van der Waals surface area contributed by atoms with E-state index in [0.29, 0.717) is 18.1 Å². The Morgan fingerprint density at radius 1 is 1.04 bits per heavy atom. The fraction of sp³-hybridized carbons (Fsp3) is 0.353. The summed E-state index contributed by atoms with van der Waals surface area (Å²) in [6.07, 6.45) is 2.38. The summed E-state index contributed by atoms with van der Waals surface area (Å²) >= 11 is 0. The monoisotopic (exact) mass is 313 g/mol. The molecule has 0 fully saturated rings. The zero-order valence-corrected chi connectivity index (χ0v) is 13.8. The van der Waals surface area contributed by atoms with Crippen LogP contribution in [0.2, 0.25) is 0 Å². The van der Waals surface area contributed by atoms with E-state index < -0.39 is 0 Å². The topological polar surface area (TPSA) is 70.2 Å². The van der Waals surface area contributed by atoms with Crippen LogP contribution in [0.1, 0.15) is 26.2 Å². The number of carbonyl (C=O) groups excluding carboxylic acids is 1. The number of hydrogen-bond acceptors (Lipinski definition) is 5. The van der Waals surface area contributed by atoms with Crippen LogP contribution in [0.25, 0.3) is 0 Å². The first-order chi connectivity index (χ1) is 11.1. The molecule has 6 nitrogen and oxygen atoms in total. The van der Waals surface area contributed by atoms with Gasteiger partial charge in [-0.3, -0.25) is 4.79 Å². The number of carbonyl (C=O) groups is 1. The molecule has 122 valence electrons. The quantitative estimate of drug-likeness (QED) is 0.819. The second kappa shape index (κ2) is 8.12. The average Bonchev–Trinajstić information content (AvgIpc) is 2.55. The molecule has 1 aromatic carbocycles. The van der Waals surface area contributed by atoms with Crippen molar-refractivity contribution >= 4 is 28.9 Å². The molecule has 23 heavy (non-hydrogen) atoms. The van der Waals surface area contributed by atoms with E-state index in [-0.39, 0.29) is 5.91 Å². The molecule has 0 atom stereocenters. The highest BCUT2D eigenvalue weighted by Gasteiger charge is 2.04. The summed E-state index contributed by atoms with van der Waals surface area (Å²) < 4.78 is 0. The van der Waals surface area contributed by atoms with Crippen molar-refractivity contribution in [3.63, 3.8) is 0 Å². The van der Waals surface area contributed by atoms with E-state index in [1.54, 1.807) is 12.1 Å². The van der Waals surface area contributed by atoms with Crippen molar-refractivity contribution in [1.29, 1.82) is 0 Å². The van der Waals surface area contributed by atoms with Gasteiger partial charge in [-0.05, 0) is 42.8 Å². The van der Waals surface area contributed by atoms with Crippen LogP contribution < -0.4 is 15.5 Å². The van der Waals surface area contributed by atoms with Gasteiger partial charge in [0.25, 0.3) is 0 Å². The minimum Gasteiger partial charge on any atom is -0.378 e. The number of hydrogen-bond donors (Lipinski definition) is 2. The van der Waals surface area contributed by atoms with E-state index in [1.165, 1.54) is 0 Å². The second-order valence-electron chi connectivity index (χ2n) is 5.52. The van der Waals surface area contributed by atoms with Crippen molar-refractivity contribution in [2.75, 3.05) is 29.6 Å². The molecule has 0 aliphatic heterocycles. The molecule has 0 aliphatic rings. The molecular formula is C17H23N5O. The molecule has 1 heterocycles. The Hall–Kier alpha value is -2.63. The van der Waals surface area contributed by atoms with E-state index in [9.17, 15) is 4.79 Å². The van der Waals surface area contributed by atoms with Gasteiger partial charge < -0.3 is 15.5 Å². The molecule has 2 aromatic rings. The minimum absolute atomic E-state index is 0.0267. The fourth-order valence-corrected chi connectivity index (χ4v) is 2.00. The Bertz CT molecular complexity index is 622. The molecule has 0 spiro atoms. The second-order valence-corrected chi connectivity index (χ2v) is 5.52. The third-order valence-electron chi connectivity index (χ3n) is 3.35. The van der Waals surface area contributed by atoms with Crippen LogP contribution in [0, 0.1) is 0 Å². The van der Waals surface area contributed by atoms with Gasteiger partial charge in [-0.25, -0.2) is 0 Å². The van der Waals surface area contributed by atoms with Crippen LogP contribution in [0.15, 0.2) is 36.4 Å². The highest BCUT2D eigenvalue weighted by molar-refractivity contribution is 5.89. The number of benzene rings is 1. The maximum Gasteiger partial charge on any atom is 0.225 e. The Balaban J connectivity index is 1.93. The highest BCUT2D eigenvalue weighted by atomic mass is 16.1. The van der Waals surface area contributed by atoms with Crippen molar-refractivity contribution in [3.8, 4) is 0 Å². The summed E-state index contributed by atoms with van der Waals surface area (Å²) in [6, 6.07) is 11.6. The number of rotatable bonds is 7. The molecule has 0 aliphatic carbocycles. The summed E-state index contributed by atoms with van der Waals surface area (Å²) in [5.74, 6) is 1.08. The lowest BCUT2D eigenvalue weighted by Gasteiger charge is -2.13. The Morgan fingerprint density at radius 2 is 1.70 bits per heavy atom. The lowest BCUT2D eigenvalue weighted by atomic mass is 10.2. The van der Waals surface area contributed by atoms with E-state index in [4.69, 9.17) is 0 Å². The van der Waals surface area contributed by atoms with Crippen LogP contribution in [0.3, 0.4) is 0 Å². The van der Waals surface area contributed by atoms with Crippen LogP contribution in [0.4, 0.5) is 23.0 Å². The number of unbranched alkanes of at least 4 members (excludes halogenated alkanes) is 1. The van der Waals surface area contributed by atoms with Gasteiger partial charge in [0.15, 0.2) is 11.6 Å². The third-order valence-corrected chi connectivity index (χ3v) is 3.35.